The van der Waals surface area contributed by atoms with E-state index in [0.29, 0.717) is 0 Å². The molecule has 1 aliphatic rings. The summed E-state index contributed by atoms with van der Waals surface area (Å²) in [5.74, 6) is -2.54. The summed E-state index contributed by atoms with van der Waals surface area (Å²) in [7, 11) is -3.90. The molecule has 9 nitrogen and oxygen atoms in total. The quantitative estimate of drug-likeness (QED) is 0.542. The van der Waals surface area contributed by atoms with Crippen molar-refractivity contribution in [1.82, 2.24) is 9.21 Å². The molecular formula is C18H18F2N4O5S. The number of benzene rings is 2. The Bertz CT molecular complexity index is 1070. The number of carbonyl (C=O) groups excluding carboxylic acids is 1. The summed E-state index contributed by atoms with van der Waals surface area (Å²) < 4.78 is 52.8. The van der Waals surface area contributed by atoms with Crippen LogP contribution < -0.4 is 5.32 Å². The van der Waals surface area contributed by atoms with Gasteiger partial charge in [0.25, 0.3) is 5.69 Å². The molecule has 12 heteroatoms. The minimum atomic E-state index is -3.90. The van der Waals surface area contributed by atoms with Gasteiger partial charge < -0.3 is 5.32 Å². The van der Waals surface area contributed by atoms with Gasteiger partial charge in [0.15, 0.2) is 11.6 Å². The van der Waals surface area contributed by atoms with Crippen LogP contribution in [0.4, 0.5) is 20.2 Å². The average molecular weight is 440 g/mol. The molecule has 1 N–H and O–H groups in total. The minimum absolute atomic E-state index is 0.0519. The molecule has 0 spiro atoms. The summed E-state index contributed by atoms with van der Waals surface area (Å²) in [5, 5.41) is 13.3. The molecule has 30 heavy (non-hydrogen) atoms. The van der Waals surface area contributed by atoms with E-state index in [-0.39, 0.29) is 49.0 Å². The van der Waals surface area contributed by atoms with Crippen molar-refractivity contribution in [1.29, 1.82) is 0 Å². The van der Waals surface area contributed by atoms with E-state index in [4.69, 9.17) is 0 Å². The number of non-ortho nitro benzene ring substituents is 1. The van der Waals surface area contributed by atoms with Gasteiger partial charge in [-0.2, -0.15) is 4.31 Å². The molecule has 3 rings (SSSR count). The highest BCUT2D eigenvalue weighted by Crippen LogP contribution is 2.22. The minimum Gasteiger partial charge on any atom is -0.325 e. The zero-order chi connectivity index (χ0) is 21.9. The van der Waals surface area contributed by atoms with Crippen molar-refractivity contribution in [3.05, 3.63) is 64.2 Å². The number of halogens is 2. The zero-order valence-electron chi connectivity index (χ0n) is 15.6. The van der Waals surface area contributed by atoms with Crippen molar-refractivity contribution in [2.75, 3.05) is 38.0 Å². The predicted molar refractivity (Wildman–Crippen MR) is 103 cm³/mol. The van der Waals surface area contributed by atoms with Gasteiger partial charge in [0.1, 0.15) is 0 Å². The first-order chi connectivity index (χ1) is 14.2. The molecule has 1 amide bonds. The predicted octanol–water partition coefficient (Wildman–Crippen LogP) is 1.82. The Morgan fingerprint density at radius 2 is 1.77 bits per heavy atom. The molecule has 0 aliphatic carbocycles. The maximum atomic E-state index is 13.2. The van der Waals surface area contributed by atoms with Crippen LogP contribution in [0.15, 0.2) is 47.4 Å². The van der Waals surface area contributed by atoms with Gasteiger partial charge in [0, 0.05) is 50.1 Å². The normalized spacial score (nSPS) is 15.7. The standard InChI is InChI=1S/C18H18F2N4O5S/c19-16-5-4-13(10-17(16)20)21-18(25)12-22-6-8-23(9-7-22)30(28,29)15-3-1-2-14(11-15)24(26)27/h1-5,10-11H,6-9,12H2,(H,21,25). The number of piperazine rings is 1. The third kappa shape index (κ3) is 4.96. The fourth-order valence-corrected chi connectivity index (χ4v) is 4.47. The van der Waals surface area contributed by atoms with Crippen LogP contribution in [0.1, 0.15) is 0 Å². The van der Waals surface area contributed by atoms with Gasteiger partial charge in [-0.25, -0.2) is 17.2 Å². The number of nitro benzene ring substituents is 1. The number of hydrogen-bond donors (Lipinski definition) is 1. The molecule has 1 aliphatic heterocycles. The fourth-order valence-electron chi connectivity index (χ4n) is 3.01. The summed E-state index contributed by atoms with van der Waals surface area (Å²) in [4.78, 5) is 23.9. The SMILES string of the molecule is O=C(CN1CCN(S(=O)(=O)c2cccc([N+](=O)[O-])c2)CC1)Nc1ccc(F)c(F)c1. The molecule has 0 atom stereocenters. The first-order valence-corrected chi connectivity index (χ1v) is 10.3. The number of sulfonamides is 1. The Hall–Kier alpha value is -2.96. The van der Waals surface area contributed by atoms with E-state index in [1.165, 1.54) is 28.6 Å². The Balaban J connectivity index is 1.57. The lowest BCUT2D eigenvalue weighted by atomic mass is 10.3. The molecule has 0 saturated carbocycles. The monoisotopic (exact) mass is 440 g/mol. The lowest BCUT2D eigenvalue weighted by molar-refractivity contribution is -0.385. The van der Waals surface area contributed by atoms with Crippen LogP contribution in [0.3, 0.4) is 0 Å². The van der Waals surface area contributed by atoms with Crippen LogP contribution in [-0.4, -0.2) is 61.2 Å². The summed E-state index contributed by atoms with van der Waals surface area (Å²) >= 11 is 0. The van der Waals surface area contributed by atoms with Crippen LogP contribution in [0.25, 0.3) is 0 Å². The molecule has 160 valence electrons. The van der Waals surface area contributed by atoms with Crippen LogP contribution in [-0.2, 0) is 14.8 Å². The molecule has 0 bridgehead atoms. The second-order valence-corrected chi connectivity index (χ2v) is 8.55. The molecule has 2 aromatic rings. The summed E-state index contributed by atoms with van der Waals surface area (Å²) in [6.45, 7) is 0.676. The van der Waals surface area contributed by atoms with E-state index in [9.17, 15) is 32.1 Å². The van der Waals surface area contributed by atoms with E-state index < -0.39 is 32.5 Å². The molecule has 0 radical (unpaired) electrons. The highest BCUT2D eigenvalue weighted by atomic mass is 32.2. The van der Waals surface area contributed by atoms with Crippen LogP contribution in [0, 0.1) is 21.7 Å². The van der Waals surface area contributed by atoms with E-state index in [2.05, 4.69) is 5.32 Å². The van der Waals surface area contributed by atoms with Crippen molar-refractivity contribution < 1.29 is 26.9 Å². The smallest absolute Gasteiger partial charge is 0.270 e. The Kier molecular flexibility index (Phi) is 6.39. The van der Waals surface area contributed by atoms with Gasteiger partial charge >= 0.3 is 0 Å². The highest BCUT2D eigenvalue weighted by Gasteiger charge is 2.30. The Labute approximate surface area is 171 Å². The number of nitrogens with one attached hydrogen (secondary N) is 1. The summed E-state index contributed by atoms with van der Waals surface area (Å²) in [6, 6.07) is 7.84. The maximum Gasteiger partial charge on any atom is 0.270 e. The van der Waals surface area contributed by atoms with Gasteiger partial charge in [-0.1, -0.05) is 6.07 Å². The summed E-state index contributed by atoms with van der Waals surface area (Å²) in [5.41, 5.74) is -0.200. The Morgan fingerprint density at radius 3 is 2.40 bits per heavy atom. The summed E-state index contributed by atoms with van der Waals surface area (Å²) in [6.07, 6.45) is 0. The lowest BCUT2D eigenvalue weighted by Gasteiger charge is -2.33. The van der Waals surface area contributed by atoms with Crippen molar-refractivity contribution >= 4 is 27.3 Å². The molecule has 1 fully saturated rings. The lowest BCUT2D eigenvalue weighted by Crippen LogP contribution is -2.50. The number of nitro groups is 1. The molecular weight excluding hydrogens is 422 g/mol. The van der Waals surface area contributed by atoms with Crippen molar-refractivity contribution in [2.45, 2.75) is 4.90 Å². The van der Waals surface area contributed by atoms with Gasteiger partial charge in [0.05, 0.1) is 16.4 Å². The molecule has 1 heterocycles. The fraction of sp³-hybridized carbons (Fsp3) is 0.278. The second kappa shape index (κ2) is 8.81. The number of hydrogen-bond acceptors (Lipinski definition) is 6. The van der Waals surface area contributed by atoms with E-state index >= 15 is 0 Å². The maximum absolute atomic E-state index is 13.2. The van der Waals surface area contributed by atoms with Gasteiger partial charge in [0.2, 0.25) is 15.9 Å². The first kappa shape index (κ1) is 21.7. The highest BCUT2D eigenvalue weighted by molar-refractivity contribution is 7.89. The van der Waals surface area contributed by atoms with Crippen LogP contribution in [0.5, 0.6) is 0 Å². The van der Waals surface area contributed by atoms with Gasteiger partial charge in [-0.15, -0.1) is 0 Å². The molecule has 0 aromatic heterocycles. The largest absolute Gasteiger partial charge is 0.325 e. The third-order valence-electron chi connectivity index (χ3n) is 4.57. The van der Waals surface area contributed by atoms with Gasteiger partial charge in [-0.05, 0) is 18.2 Å². The topological polar surface area (TPSA) is 113 Å². The third-order valence-corrected chi connectivity index (χ3v) is 6.46. The zero-order valence-corrected chi connectivity index (χ0v) is 16.4. The first-order valence-electron chi connectivity index (χ1n) is 8.88. The molecule has 1 saturated heterocycles. The molecule has 2 aromatic carbocycles. The van der Waals surface area contributed by atoms with E-state index in [0.717, 1.165) is 18.2 Å². The van der Waals surface area contributed by atoms with Gasteiger partial charge in [-0.3, -0.25) is 19.8 Å². The molecule has 0 unspecified atom stereocenters. The number of rotatable bonds is 6. The number of nitrogens with zero attached hydrogens (tertiary/aromatic N) is 3. The van der Waals surface area contributed by atoms with Crippen molar-refractivity contribution in [2.24, 2.45) is 0 Å². The number of carbonyl (C=O) groups is 1. The average Bonchev–Trinajstić information content (AvgIpc) is 2.71. The van der Waals surface area contributed by atoms with Crippen molar-refractivity contribution in [3.8, 4) is 0 Å². The van der Waals surface area contributed by atoms with Crippen LogP contribution >= 0.6 is 0 Å². The number of anilines is 1. The number of amides is 1. The van der Waals surface area contributed by atoms with Crippen molar-refractivity contribution in [3.63, 3.8) is 0 Å². The van der Waals surface area contributed by atoms with Crippen LogP contribution in [0.2, 0.25) is 0 Å². The van der Waals surface area contributed by atoms with E-state index in [1.54, 1.807) is 4.90 Å². The Morgan fingerprint density at radius 1 is 1.07 bits per heavy atom. The van der Waals surface area contributed by atoms with E-state index in [1.807, 2.05) is 0 Å². The second-order valence-electron chi connectivity index (χ2n) is 6.61.